The van der Waals surface area contributed by atoms with Crippen molar-refractivity contribution in [2.45, 2.75) is 26.6 Å². The Kier molecular flexibility index (Phi) is 4.18. The summed E-state index contributed by atoms with van der Waals surface area (Å²) in [5, 5.41) is 8.98. The lowest BCUT2D eigenvalue weighted by Gasteiger charge is -2.15. The molecule has 0 unspecified atom stereocenters. The molecule has 1 aromatic heterocycles. The molecule has 0 aliphatic carbocycles. The van der Waals surface area contributed by atoms with E-state index in [2.05, 4.69) is 24.1 Å². The summed E-state index contributed by atoms with van der Waals surface area (Å²) in [5.41, 5.74) is 2.18. The Morgan fingerprint density at radius 2 is 1.67 bits per heavy atom. The second-order valence-corrected chi connectivity index (χ2v) is 4.66. The fourth-order valence-electron chi connectivity index (χ4n) is 1.95. The lowest BCUT2D eigenvalue weighted by molar-refractivity contribution is 0.280. The van der Waals surface area contributed by atoms with Crippen molar-refractivity contribution in [3.8, 4) is 0 Å². The largest absolute Gasteiger partial charge is 0.465 e. The molecule has 0 amide bonds. The van der Waals surface area contributed by atoms with E-state index in [4.69, 9.17) is 9.52 Å². The fourth-order valence-corrected chi connectivity index (χ4v) is 1.95. The van der Waals surface area contributed by atoms with Crippen molar-refractivity contribution in [2.75, 3.05) is 7.05 Å². The molecule has 0 aliphatic rings. The molecule has 2 rings (SSSR count). The third-order valence-electron chi connectivity index (χ3n) is 2.88. The fraction of sp³-hybridized carbons (Fsp3) is 0.333. The highest BCUT2D eigenvalue weighted by atomic mass is 16.3. The van der Waals surface area contributed by atoms with Crippen molar-refractivity contribution < 1.29 is 9.52 Å². The zero-order valence-electron chi connectivity index (χ0n) is 10.9. The summed E-state index contributed by atoms with van der Waals surface area (Å²) < 4.78 is 5.55. The summed E-state index contributed by atoms with van der Waals surface area (Å²) in [6.07, 6.45) is 0. The molecule has 1 heterocycles. The molecule has 0 saturated heterocycles. The molecule has 0 atom stereocenters. The number of hydrogen-bond donors (Lipinski definition) is 1. The maximum absolute atomic E-state index is 8.98. The van der Waals surface area contributed by atoms with Gasteiger partial charge in [0.2, 0.25) is 0 Å². The van der Waals surface area contributed by atoms with Crippen LogP contribution in [0.3, 0.4) is 0 Å². The molecule has 0 saturated carbocycles. The molecule has 0 aliphatic heterocycles. The highest BCUT2D eigenvalue weighted by molar-refractivity contribution is 5.21. The Balaban J connectivity index is 1.91. The van der Waals surface area contributed by atoms with Crippen LogP contribution in [-0.4, -0.2) is 17.1 Å². The zero-order chi connectivity index (χ0) is 13.0. The van der Waals surface area contributed by atoms with E-state index < -0.39 is 0 Å². The van der Waals surface area contributed by atoms with Gasteiger partial charge in [0.15, 0.2) is 0 Å². The number of nitrogens with zero attached hydrogens (tertiary/aromatic N) is 1. The molecule has 0 spiro atoms. The maximum atomic E-state index is 8.98. The van der Waals surface area contributed by atoms with E-state index in [0.29, 0.717) is 0 Å². The van der Waals surface area contributed by atoms with Crippen LogP contribution in [-0.2, 0) is 19.7 Å². The first-order chi connectivity index (χ1) is 8.67. The van der Waals surface area contributed by atoms with Crippen LogP contribution < -0.4 is 0 Å². The maximum Gasteiger partial charge on any atom is 0.118 e. The number of hydrogen-bond acceptors (Lipinski definition) is 3. The first-order valence-corrected chi connectivity index (χ1v) is 6.10. The van der Waals surface area contributed by atoms with Crippen LogP contribution in [0.5, 0.6) is 0 Å². The molecule has 18 heavy (non-hydrogen) atoms. The van der Waals surface area contributed by atoms with Gasteiger partial charge in [-0.05, 0) is 37.2 Å². The summed E-state index contributed by atoms with van der Waals surface area (Å²) in [5.74, 6) is 1.94. The summed E-state index contributed by atoms with van der Waals surface area (Å²) in [6.45, 7) is 3.72. The molecule has 0 radical (unpaired) electrons. The van der Waals surface area contributed by atoms with Gasteiger partial charge in [0, 0.05) is 6.54 Å². The van der Waals surface area contributed by atoms with E-state index in [1.807, 2.05) is 31.2 Å². The third kappa shape index (κ3) is 3.45. The van der Waals surface area contributed by atoms with Crippen LogP contribution in [0.1, 0.15) is 22.6 Å². The highest BCUT2D eigenvalue weighted by Crippen LogP contribution is 2.12. The van der Waals surface area contributed by atoms with Gasteiger partial charge < -0.3 is 9.52 Å². The van der Waals surface area contributed by atoms with E-state index in [1.54, 1.807) is 0 Å². The van der Waals surface area contributed by atoms with E-state index >= 15 is 0 Å². The average Bonchev–Trinajstić information content (AvgIpc) is 2.75. The highest BCUT2D eigenvalue weighted by Gasteiger charge is 2.04. The number of furan rings is 1. The van der Waals surface area contributed by atoms with Gasteiger partial charge in [-0.15, -0.1) is 0 Å². The van der Waals surface area contributed by atoms with Crippen LogP contribution >= 0.6 is 0 Å². The molecule has 0 fully saturated rings. The SMILES string of the molecule is Cc1ccc(CN(C)Cc2ccc(CO)cc2)o1. The average molecular weight is 245 g/mol. The Morgan fingerprint density at radius 1 is 1.00 bits per heavy atom. The summed E-state index contributed by atoms with van der Waals surface area (Å²) in [4.78, 5) is 2.20. The lowest BCUT2D eigenvalue weighted by atomic mass is 10.1. The normalized spacial score (nSPS) is 11.1. The summed E-state index contributed by atoms with van der Waals surface area (Å²) >= 11 is 0. The molecule has 3 nitrogen and oxygen atoms in total. The van der Waals surface area contributed by atoms with Crippen molar-refractivity contribution in [3.05, 3.63) is 59.0 Å². The number of aliphatic hydroxyl groups excluding tert-OH is 1. The predicted molar refractivity (Wildman–Crippen MR) is 71.0 cm³/mol. The summed E-state index contributed by atoms with van der Waals surface area (Å²) in [6, 6.07) is 12.0. The smallest absolute Gasteiger partial charge is 0.118 e. The first-order valence-electron chi connectivity index (χ1n) is 6.10. The van der Waals surface area contributed by atoms with Gasteiger partial charge in [-0.25, -0.2) is 0 Å². The van der Waals surface area contributed by atoms with Crippen molar-refractivity contribution >= 4 is 0 Å². The molecular weight excluding hydrogens is 226 g/mol. The van der Waals surface area contributed by atoms with Crippen molar-refractivity contribution in [1.29, 1.82) is 0 Å². The molecular formula is C15H19NO2. The van der Waals surface area contributed by atoms with Gasteiger partial charge in [0.1, 0.15) is 11.5 Å². The standard InChI is InChI=1S/C15H19NO2/c1-12-3-8-15(18-12)10-16(2)9-13-4-6-14(11-17)7-5-13/h3-8,17H,9-11H2,1-2H3. The van der Waals surface area contributed by atoms with E-state index in [-0.39, 0.29) is 6.61 Å². The van der Waals surface area contributed by atoms with E-state index in [9.17, 15) is 0 Å². The van der Waals surface area contributed by atoms with Gasteiger partial charge in [0.05, 0.1) is 13.2 Å². The first kappa shape index (κ1) is 12.9. The monoisotopic (exact) mass is 245 g/mol. The number of aliphatic hydroxyl groups is 1. The molecule has 2 aromatic rings. The van der Waals surface area contributed by atoms with Gasteiger partial charge in [-0.2, -0.15) is 0 Å². The Morgan fingerprint density at radius 3 is 2.22 bits per heavy atom. The topological polar surface area (TPSA) is 36.6 Å². The van der Waals surface area contributed by atoms with E-state index in [0.717, 1.165) is 30.2 Å². The van der Waals surface area contributed by atoms with Crippen LogP contribution in [0.4, 0.5) is 0 Å². The second kappa shape index (κ2) is 5.85. The summed E-state index contributed by atoms with van der Waals surface area (Å²) in [7, 11) is 2.07. The van der Waals surface area contributed by atoms with Gasteiger partial charge >= 0.3 is 0 Å². The third-order valence-corrected chi connectivity index (χ3v) is 2.88. The number of rotatable bonds is 5. The molecule has 3 heteroatoms. The van der Waals surface area contributed by atoms with Gasteiger partial charge in [0.25, 0.3) is 0 Å². The van der Waals surface area contributed by atoms with Crippen molar-refractivity contribution in [2.24, 2.45) is 0 Å². The molecule has 96 valence electrons. The minimum atomic E-state index is 0.0990. The Labute approximate surface area is 108 Å². The number of benzene rings is 1. The van der Waals surface area contributed by atoms with Crippen LogP contribution in [0.15, 0.2) is 40.8 Å². The minimum Gasteiger partial charge on any atom is -0.465 e. The van der Waals surface area contributed by atoms with Crippen molar-refractivity contribution in [3.63, 3.8) is 0 Å². The Hall–Kier alpha value is -1.58. The predicted octanol–water partition coefficient (Wildman–Crippen LogP) is 2.71. The molecule has 0 bridgehead atoms. The van der Waals surface area contributed by atoms with Crippen molar-refractivity contribution in [1.82, 2.24) is 4.90 Å². The van der Waals surface area contributed by atoms with Gasteiger partial charge in [-0.3, -0.25) is 4.90 Å². The zero-order valence-corrected chi connectivity index (χ0v) is 10.9. The van der Waals surface area contributed by atoms with E-state index in [1.165, 1.54) is 5.56 Å². The van der Waals surface area contributed by atoms with Crippen LogP contribution in [0.25, 0.3) is 0 Å². The lowest BCUT2D eigenvalue weighted by Crippen LogP contribution is -2.16. The van der Waals surface area contributed by atoms with Crippen LogP contribution in [0.2, 0.25) is 0 Å². The quantitative estimate of drug-likeness (QED) is 0.880. The minimum absolute atomic E-state index is 0.0990. The second-order valence-electron chi connectivity index (χ2n) is 4.66. The van der Waals surface area contributed by atoms with Crippen LogP contribution in [0, 0.1) is 6.92 Å². The Bertz CT molecular complexity index is 487. The molecule has 1 N–H and O–H groups in total. The molecule has 1 aromatic carbocycles. The van der Waals surface area contributed by atoms with Gasteiger partial charge in [-0.1, -0.05) is 24.3 Å². The number of aryl methyl sites for hydroxylation is 1.